The Bertz CT molecular complexity index is 366. The summed E-state index contributed by atoms with van der Waals surface area (Å²) in [5.41, 5.74) is 1.22. The van der Waals surface area contributed by atoms with Crippen LogP contribution >= 0.6 is 11.3 Å². The first-order valence-corrected chi connectivity index (χ1v) is 7.39. The molecule has 1 saturated heterocycles. The van der Waals surface area contributed by atoms with Gasteiger partial charge in [-0.15, -0.1) is 11.3 Å². The number of methoxy groups -OCH3 is 1. The van der Waals surface area contributed by atoms with Crippen LogP contribution in [-0.4, -0.2) is 38.3 Å². The van der Waals surface area contributed by atoms with Gasteiger partial charge >= 0.3 is 0 Å². The van der Waals surface area contributed by atoms with Crippen LogP contribution in [0.3, 0.4) is 0 Å². The molecule has 0 radical (unpaired) electrons. The standard InChI is InChI=1S/C13H23N3OS/c1-10-11(2)18-12(16-10)13(15-8-9-17-3)4-6-14-7-5-13/h14-15H,4-9H2,1-3H3. The highest BCUT2D eigenvalue weighted by molar-refractivity contribution is 7.11. The third kappa shape index (κ3) is 2.91. The van der Waals surface area contributed by atoms with Crippen LogP contribution in [0.25, 0.3) is 0 Å². The third-order valence-corrected chi connectivity index (χ3v) is 4.94. The van der Waals surface area contributed by atoms with Crippen LogP contribution < -0.4 is 10.6 Å². The molecule has 1 aromatic rings. The van der Waals surface area contributed by atoms with E-state index in [9.17, 15) is 0 Å². The van der Waals surface area contributed by atoms with Gasteiger partial charge in [-0.25, -0.2) is 4.98 Å². The Kier molecular flexibility index (Phi) is 4.72. The molecule has 1 aliphatic rings. The zero-order valence-corrected chi connectivity index (χ0v) is 12.3. The number of rotatable bonds is 5. The summed E-state index contributed by atoms with van der Waals surface area (Å²) in [6.07, 6.45) is 2.20. The van der Waals surface area contributed by atoms with E-state index in [0.29, 0.717) is 0 Å². The molecule has 2 rings (SSSR count). The van der Waals surface area contributed by atoms with Gasteiger partial charge in [0.15, 0.2) is 0 Å². The van der Waals surface area contributed by atoms with Gasteiger partial charge in [0.1, 0.15) is 5.01 Å². The topological polar surface area (TPSA) is 46.2 Å². The molecule has 4 nitrogen and oxygen atoms in total. The Balaban J connectivity index is 2.17. The van der Waals surface area contributed by atoms with Crippen molar-refractivity contribution < 1.29 is 4.74 Å². The second kappa shape index (κ2) is 6.10. The molecule has 2 heterocycles. The summed E-state index contributed by atoms with van der Waals surface area (Å²) in [5.74, 6) is 0. The Hall–Kier alpha value is -0.490. The van der Waals surface area contributed by atoms with Crippen LogP contribution in [0, 0.1) is 13.8 Å². The smallest absolute Gasteiger partial charge is 0.113 e. The fourth-order valence-electron chi connectivity index (χ4n) is 2.39. The monoisotopic (exact) mass is 269 g/mol. The lowest BCUT2D eigenvalue weighted by Gasteiger charge is -2.37. The van der Waals surface area contributed by atoms with Crippen molar-refractivity contribution in [3.8, 4) is 0 Å². The van der Waals surface area contributed by atoms with Gasteiger partial charge in [0.2, 0.25) is 0 Å². The molecule has 1 aromatic heterocycles. The average Bonchev–Trinajstić information content (AvgIpc) is 2.72. The summed E-state index contributed by atoms with van der Waals surface area (Å²) in [7, 11) is 1.74. The maximum atomic E-state index is 5.15. The fraction of sp³-hybridized carbons (Fsp3) is 0.769. The maximum absolute atomic E-state index is 5.15. The molecule has 102 valence electrons. The Morgan fingerprint density at radius 2 is 2.11 bits per heavy atom. The molecule has 0 aliphatic carbocycles. The van der Waals surface area contributed by atoms with Gasteiger partial charge in [-0.05, 0) is 39.8 Å². The summed E-state index contributed by atoms with van der Waals surface area (Å²) in [6.45, 7) is 7.99. The van der Waals surface area contributed by atoms with Crippen molar-refractivity contribution in [1.29, 1.82) is 0 Å². The molecule has 0 bridgehead atoms. The molecule has 0 saturated carbocycles. The molecule has 18 heavy (non-hydrogen) atoms. The van der Waals surface area contributed by atoms with Crippen molar-refractivity contribution >= 4 is 11.3 Å². The number of hydrogen-bond acceptors (Lipinski definition) is 5. The minimum atomic E-state index is 0.0491. The van der Waals surface area contributed by atoms with Crippen LogP contribution in [0.5, 0.6) is 0 Å². The van der Waals surface area contributed by atoms with Gasteiger partial charge in [-0.2, -0.15) is 0 Å². The molecular formula is C13H23N3OS. The quantitative estimate of drug-likeness (QED) is 0.797. The first kappa shape index (κ1) is 13.9. The lowest BCUT2D eigenvalue weighted by Crippen LogP contribution is -2.50. The van der Waals surface area contributed by atoms with Gasteiger partial charge in [-0.3, -0.25) is 0 Å². The molecule has 0 aromatic carbocycles. The van der Waals surface area contributed by atoms with Crippen LogP contribution in [0.15, 0.2) is 0 Å². The van der Waals surface area contributed by atoms with Crippen molar-refractivity contribution in [2.75, 3.05) is 33.4 Å². The second-order valence-electron chi connectivity index (χ2n) is 4.91. The first-order chi connectivity index (χ1) is 8.68. The van der Waals surface area contributed by atoms with E-state index >= 15 is 0 Å². The highest BCUT2D eigenvalue weighted by Crippen LogP contribution is 2.34. The Morgan fingerprint density at radius 1 is 1.39 bits per heavy atom. The summed E-state index contributed by atoms with van der Waals surface area (Å²) < 4.78 is 5.15. The molecule has 1 aliphatic heterocycles. The summed E-state index contributed by atoms with van der Waals surface area (Å²) in [4.78, 5) is 6.10. The molecule has 0 unspecified atom stereocenters. The highest BCUT2D eigenvalue weighted by Gasteiger charge is 2.36. The van der Waals surface area contributed by atoms with Crippen LogP contribution in [-0.2, 0) is 10.3 Å². The van der Waals surface area contributed by atoms with Gasteiger partial charge in [-0.1, -0.05) is 0 Å². The average molecular weight is 269 g/mol. The summed E-state index contributed by atoms with van der Waals surface area (Å²) >= 11 is 1.84. The molecule has 5 heteroatoms. The lowest BCUT2D eigenvalue weighted by atomic mass is 9.89. The number of thiazole rings is 1. The number of hydrogen-bond donors (Lipinski definition) is 2. The molecule has 0 atom stereocenters. The van der Waals surface area contributed by atoms with Crippen molar-refractivity contribution in [2.45, 2.75) is 32.2 Å². The number of ether oxygens (including phenoxy) is 1. The van der Waals surface area contributed by atoms with Crippen molar-refractivity contribution in [1.82, 2.24) is 15.6 Å². The van der Waals surface area contributed by atoms with Crippen molar-refractivity contribution in [3.63, 3.8) is 0 Å². The van der Waals surface area contributed by atoms with E-state index < -0.39 is 0 Å². The summed E-state index contributed by atoms with van der Waals surface area (Å²) in [5, 5.41) is 8.35. The van der Waals surface area contributed by atoms with E-state index in [4.69, 9.17) is 9.72 Å². The zero-order chi connectivity index (χ0) is 13.0. The second-order valence-corrected chi connectivity index (χ2v) is 6.12. The van der Waals surface area contributed by atoms with Crippen LogP contribution in [0.2, 0.25) is 0 Å². The van der Waals surface area contributed by atoms with E-state index in [-0.39, 0.29) is 5.54 Å². The predicted molar refractivity (Wildman–Crippen MR) is 75.2 cm³/mol. The lowest BCUT2D eigenvalue weighted by molar-refractivity contribution is 0.170. The van der Waals surface area contributed by atoms with E-state index in [1.54, 1.807) is 7.11 Å². The van der Waals surface area contributed by atoms with E-state index in [2.05, 4.69) is 24.5 Å². The predicted octanol–water partition coefficient (Wildman–Crippen LogP) is 1.57. The van der Waals surface area contributed by atoms with Gasteiger partial charge in [0, 0.05) is 18.5 Å². The normalized spacial score (nSPS) is 19.1. The molecule has 0 amide bonds. The number of nitrogens with zero attached hydrogens (tertiary/aromatic N) is 1. The van der Waals surface area contributed by atoms with Gasteiger partial charge in [0.05, 0.1) is 17.8 Å². The number of nitrogens with one attached hydrogen (secondary N) is 2. The van der Waals surface area contributed by atoms with Crippen LogP contribution in [0.4, 0.5) is 0 Å². The summed E-state index contributed by atoms with van der Waals surface area (Å²) in [6, 6.07) is 0. The maximum Gasteiger partial charge on any atom is 0.113 e. The molecular weight excluding hydrogens is 246 g/mol. The minimum absolute atomic E-state index is 0.0491. The van der Waals surface area contributed by atoms with Gasteiger partial charge < -0.3 is 15.4 Å². The molecule has 2 N–H and O–H groups in total. The van der Waals surface area contributed by atoms with Crippen molar-refractivity contribution in [2.24, 2.45) is 0 Å². The zero-order valence-electron chi connectivity index (χ0n) is 11.5. The van der Waals surface area contributed by atoms with Crippen LogP contribution in [0.1, 0.15) is 28.4 Å². The third-order valence-electron chi connectivity index (χ3n) is 3.66. The highest BCUT2D eigenvalue weighted by atomic mass is 32.1. The SMILES string of the molecule is COCCNC1(c2nc(C)c(C)s2)CCNCC1. The Morgan fingerprint density at radius 3 is 2.67 bits per heavy atom. The number of aryl methyl sites for hydroxylation is 2. The van der Waals surface area contributed by atoms with E-state index in [0.717, 1.165) is 39.1 Å². The molecule has 0 spiro atoms. The number of piperidine rings is 1. The van der Waals surface area contributed by atoms with Gasteiger partial charge in [0.25, 0.3) is 0 Å². The number of aromatic nitrogens is 1. The van der Waals surface area contributed by atoms with Crippen molar-refractivity contribution in [3.05, 3.63) is 15.6 Å². The minimum Gasteiger partial charge on any atom is -0.383 e. The fourth-order valence-corrected chi connectivity index (χ4v) is 3.53. The first-order valence-electron chi connectivity index (χ1n) is 6.57. The molecule has 1 fully saturated rings. The Labute approximate surface area is 113 Å². The van der Waals surface area contributed by atoms with E-state index in [1.807, 2.05) is 11.3 Å². The largest absolute Gasteiger partial charge is 0.383 e. The van der Waals surface area contributed by atoms with E-state index in [1.165, 1.54) is 15.6 Å².